The van der Waals surface area contributed by atoms with Crippen LogP contribution in [0, 0.1) is 11.8 Å². The Morgan fingerprint density at radius 3 is 2.68 bits per heavy atom. The zero-order chi connectivity index (χ0) is 25.7. The van der Waals surface area contributed by atoms with Crippen molar-refractivity contribution >= 4 is 28.0 Å². The highest BCUT2D eigenvalue weighted by Crippen LogP contribution is 2.35. The quantitative estimate of drug-likeness (QED) is 0.218. The number of hydrogen-bond donors (Lipinski definition) is 0. The van der Waals surface area contributed by atoms with Crippen LogP contribution >= 0.6 is 11.3 Å². The molecule has 2 aliphatic rings. The van der Waals surface area contributed by atoms with Gasteiger partial charge in [0.25, 0.3) is 5.19 Å². The van der Waals surface area contributed by atoms with Crippen LogP contribution in [0.1, 0.15) is 65.0 Å². The van der Waals surface area contributed by atoms with E-state index in [1.54, 1.807) is 17.5 Å². The van der Waals surface area contributed by atoms with Gasteiger partial charge in [-0.1, -0.05) is 72.7 Å². The summed E-state index contributed by atoms with van der Waals surface area (Å²) in [6.45, 7) is 3.75. The summed E-state index contributed by atoms with van der Waals surface area (Å²) in [5, 5.41) is 1.78. The Morgan fingerprint density at radius 1 is 0.974 bits per heavy atom. The van der Waals surface area contributed by atoms with Crippen molar-refractivity contribution in [2.24, 2.45) is 11.8 Å². The average Bonchev–Trinajstić information content (AvgIpc) is 3.38. The molecule has 1 saturated carbocycles. The van der Waals surface area contributed by atoms with E-state index in [0.29, 0.717) is 18.9 Å². The topological polar surface area (TPSA) is 55.3 Å². The number of benzene rings is 2. The first-order chi connectivity index (χ1) is 18.7. The van der Waals surface area contributed by atoms with Gasteiger partial charge in [-0.3, -0.25) is 14.7 Å². The molecule has 6 rings (SSSR count). The number of carbonyl (C=O) groups is 1. The number of Topliss-reactive ketones (excluding diaryl/α,β-unsaturated/α-hetero) is 1. The van der Waals surface area contributed by atoms with Crippen LogP contribution in [0.4, 0.5) is 0 Å². The van der Waals surface area contributed by atoms with Crippen LogP contribution in [0.5, 0.6) is 5.19 Å². The van der Waals surface area contributed by atoms with Crippen molar-refractivity contribution in [2.45, 2.75) is 58.1 Å². The van der Waals surface area contributed by atoms with E-state index < -0.39 is 0 Å². The van der Waals surface area contributed by atoms with E-state index in [1.807, 2.05) is 48.5 Å². The molecule has 5 nitrogen and oxygen atoms in total. The highest BCUT2D eigenvalue weighted by molar-refractivity contribution is 7.13. The summed E-state index contributed by atoms with van der Waals surface area (Å²) in [6.07, 6.45) is 9.57. The molecule has 1 aliphatic heterocycles. The second-order valence-electron chi connectivity index (χ2n) is 10.8. The summed E-state index contributed by atoms with van der Waals surface area (Å²) in [5.41, 5.74) is 4.11. The Kier molecular flexibility index (Phi) is 7.79. The third-order valence-corrected chi connectivity index (χ3v) is 9.30. The fourth-order valence-corrected chi connectivity index (χ4v) is 6.91. The molecule has 2 aromatic heterocycles. The highest BCUT2D eigenvalue weighted by Gasteiger charge is 2.26. The summed E-state index contributed by atoms with van der Waals surface area (Å²) < 4.78 is 5.98. The second-order valence-corrected chi connectivity index (χ2v) is 11.9. The summed E-state index contributed by atoms with van der Waals surface area (Å²) in [6, 6.07) is 20.1. The maximum Gasteiger partial charge on any atom is 0.274 e. The molecule has 0 spiro atoms. The first-order valence-corrected chi connectivity index (χ1v) is 14.8. The van der Waals surface area contributed by atoms with Crippen LogP contribution < -0.4 is 4.74 Å². The van der Waals surface area contributed by atoms with Crippen LogP contribution in [0.25, 0.3) is 10.9 Å². The molecular formula is C32H35N3O2S. The summed E-state index contributed by atoms with van der Waals surface area (Å²) >= 11 is 1.72. The van der Waals surface area contributed by atoms with E-state index in [-0.39, 0.29) is 5.78 Å². The summed E-state index contributed by atoms with van der Waals surface area (Å²) in [7, 11) is 0. The molecule has 196 valence electrons. The van der Waals surface area contributed by atoms with Crippen LogP contribution in [0.2, 0.25) is 0 Å². The summed E-state index contributed by atoms with van der Waals surface area (Å²) in [5.74, 6) is 1.55. The van der Waals surface area contributed by atoms with Crippen molar-refractivity contribution in [1.82, 2.24) is 14.9 Å². The lowest BCUT2D eigenvalue weighted by Gasteiger charge is -2.31. The maximum absolute atomic E-state index is 13.1. The van der Waals surface area contributed by atoms with Crippen molar-refractivity contribution in [2.75, 3.05) is 13.1 Å². The number of fused-ring (bicyclic) bond motifs is 2. The SMILES string of the molecule is O=C(CC1CCC(CCN2CCc3sc(OCc4ccccc4)nc3C2)CC1)c1cccc2ncccc12. The first-order valence-electron chi connectivity index (χ1n) is 14.0. The van der Waals surface area contributed by atoms with Crippen molar-refractivity contribution in [3.63, 3.8) is 0 Å². The van der Waals surface area contributed by atoms with E-state index in [2.05, 4.69) is 22.0 Å². The minimum absolute atomic E-state index is 0.270. The van der Waals surface area contributed by atoms with Gasteiger partial charge in [0.15, 0.2) is 5.78 Å². The van der Waals surface area contributed by atoms with Crippen LogP contribution in [-0.2, 0) is 19.6 Å². The number of rotatable bonds is 9. The molecule has 0 amide bonds. The third kappa shape index (κ3) is 5.97. The van der Waals surface area contributed by atoms with Gasteiger partial charge in [-0.25, -0.2) is 4.98 Å². The molecular weight excluding hydrogens is 490 g/mol. The predicted octanol–water partition coefficient (Wildman–Crippen LogP) is 7.10. The predicted molar refractivity (Wildman–Crippen MR) is 153 cm³/mol. The van der Waals surface area contributed by atoms with Crippen molar-refractivity contribution in [3.05, 3.63) is 88.6 Å². The molecule has 0 unspecified atom stereocenters. The number of ketones is 1. The van der Waals surface area contributed by atoms with E-state index in [0.717, 1.165) is 66.5 Å². The maximum atomic E-state index is 13.1. The molecule has 2 aromatic carbocycles. The molecule has 3 heterocycles. The second kappa shape index (κ2) is 11.7. The number of carbonyl (C=O) groups excluding carboxylic acids is 1. The Bertz CT molecular complexity index is 1370. The molecule has 1 aliphatic carbocycles. The monoisotopic (exact) mass is 525 g/mol. The smallest absolute Gasteiger partial charge is 0.274 e. The van der Waals surface area contributed by atoms with E-state index in [1.165, 1.54) is 35.4 Å². The van der Waals surface area contributed by atoms with Gasteiger partial charge in [-0.2, -0.15) is 0 Å². The molecule has 1 fully saturated rings. The van der Waals surface area contributed by atoms with Crippen LogP contribution in [0.3, 0.4) is 0 Å². The zero-order valence-corrected chi connectivity index (χ0v) is 22.7. The Balaban J connectivity index is 0.945. The number of nitrogens with zero attached hydrogens (tertiary/aromatic N) is 3. The number of thiazole rings is 1. The lowest BCUT2D eigenvalue weighted by molar-refractivity contribution is 0.0941. The third-order valence-electron chi connectivity index (χ3n) is 8.23. The lowest BCUT2D eigenvalue weighted by Crippen LogP contribution is -2.32. The Labute approximate surface area is 228 Å². The summed E-state index contributed by atoms with van der Waals surface area (Å²) in [4.78, 5) is 26.3. The fourth-order valence-electron chi connectivity index (χ4n) is 6.01. The molecule has 0 atom stereocenters. The normalized spacial score (nSPS) is 19.8. The van der Waals surface area contributed by atoms with Gasteiger partial charge in [0, 0.05) is 41.5 Å². The highest BCUT2D eigenvalue weighted by atomic mass is 32.1. The van der Waals surface area contributed by atoms with Gasteiger partial charge in [-0.15, -0.1) is 0 Å². The molecule has 6 heteroatoms. The van der Waals surface area contributed by atoms with Gasteiger partial charge in [0.2, 0.25) is 0 Å². The van der Waals surface area contributed by atoms with Gasteiger partial charge in [-0.05, 0) is 61.8 Å². The number of hydrogen-bond acceptors (Lipinski definition) is 6. The van der Waals surface area contributed by atoms with E-state index in [4.69, 9.17) is 9.72 Å². The van der Waals surface area contributed by atoms with Crippen LogP contribution in [0.15, 0.2) is 66.9 Å². The Hall–Kier alpha value is -3.09. The molecule has 0 saturated heterocycles. The van der Waals surface area contributed by atoms with Crippen LogP contribution in [-0.4, -0.2) is 33.7 Å². The Morgan fingerprint density at radius 2 is 1.82 bits per heavy atom. The molecule has 0 radical (unpaired) electrons. The fraction of sp³-hybridized carbons (Fsp3) is 0.406. The molecule has 4 aromatic rings. The first kappa shape index (κ1) is 25.2. The lowest BCUT2D eigenvalue weighted by atomic mass is 9.78. The number of pyridine rings is 1. The van der Waals surface area contributed by atoms with E-state index in [9.17, 15) is 4.79 Å². The van der Waals surface area contributed by atoms with Crippen molar-refractivity contribution in [3.8, 4) is 5.19 Å². The van der Waals surface area contributed by atoms with Gasteiger partial charge >= 0.3 is 0 Å². The molecule has 0 bridgehead atoms. The van der Waals surface area contributed by atoms with E-state index >= 15 is 0 Å². The standard InChI is InChI=1S/C32H35N3O2S/c36-30(27-8-4-10-28-26(27)9-5-17-33-28)20-24-13-11-23(12-14-24)15-18-35-19-16-31-29(21-35)34-32(38-31)37-22-25-6-2-1-3-7-25/h1-10,17,23-24H,11-16,18-22H2. The minimum atomic E-state index is 0.270. The molecule has 38 heavy (non-hydrogen) atoms. The van der Waals surface area contributed by atoms with Gasteiger partial charge < -0.3 is 4.74 Å². The van der Waals surface area contributed by atoms with Crippen molar-refractivity contribution in [1.29, 1.82) is 0 Å². The minimum Gasteiger partial charge on any atom is -0.465 e. The molecule has 0 N–H and O–H groups in total. The van der Waals surface area contributed by atoms with Crippen molar-refractivity contribution < 1.29 is 9.53 Å². The average molecular weight is 526 g/mol. The zero-order valence-electron chi connectivity index (χ0n) is 21.9. The van der Waals surface area contributed by atoms with Gasteiger partial charge in [0.05, 0.1) is 11.2 Å². The van der Waals surface area contributed by atoms with Gasteiger partial charge in [0.1, 0.15) is 6.61 Å². The number of ether oxygens (including phenoxy) is 1. The largest absolute Gasteiger partial charge is 0.465 e. The number of aromatic nitrogens is 2.